The summed E-state index contributed by atoms with van der Waals surface area (Å²) in [6.07, 6.45) is -2.04. The number of aromatic nitrogens is 1. The van der Waals surface area contributed by atoms with Gasteiger partial charge in [-0.25, -0.2) is 4.79 Å². The molecular weight excluding hydrogens is 342 g/mol. The highest BCUT2D eigenvalue weighted by molar-refractivity contribution is 5.90. The van der Waals surface area contributed by atoms with Gasteiger partial charge >= 0.3 is 6.09 Å². The van der Waals surface area contributed by atoms with Crippen LogP contribution in [0, 0.1) is 10.1 Å². The fraction of sp³-hybridized carbons (Fsp3) is 0.412. The molecule has 3 N–H and O–H groups in total. The SMILES string of the molecule is CC(C)(C)OC(=O)NCC(O)C(O)c1ccc([N+](=O)[O-])c2cccnc12. The summed E-state index contributed by atoms with van der Waals surface area (Å²) in [5.41, 5.74) is -0.396. The molecule has 0 aliphatic heterocycles. The molecule has 2 rings (SSSR count). The Balaban J connectivity index is 2.19. The zero-order valence-electron chi connectivity index (χ0n) is 14.7. The van der Waals surface area contributed by atoms with Gasteiger partial charge in [-0.2, -0.15) is 0 Å². The maximum absolute atomic E-state index is 11.6. The summed E-state index contributed by atoms with van der Waals surface area (Å²) in [4.78, 5) is 26.3. The number of aliphatic hydroxyl groups excluding tert-OH is 2. The van der Waals surface area contributed by atoms with Crippen molar-refractivity contribution in [2.24, 2.45) is 0 Å². The second-order valence-corrected chi connectivity index (χ2v) is 6.73. The zero-order chi connectivity index (χ0) is 19.5. The van der Waals surface area contributed by atoms with Gasteiger partial charge in [-0.3, -0.25) is 15.1 Å². The maximum atomic E-state index is 11.6. The highest BCUT2D eigenvalue weighted by Gasteiger charge is 2.25. The van der Waals surface area contributed by atoms with E-state index in [9.17, 15) is 25.1 Å². The van der Waals surface area contributed by atoms with Crippen LogP contribution < -0.4 is 5.32 Å². The van der Waals surface area contributed by atoms with E-state index < -0.39 is 28.8 Å². The summed E-state index contributed by atoms with van der Waals surface area (Å²) >= 11 is 0. The van der Waals surface area contributed by atoms with E-state index in [4.69, 9.17) is 4.74 Å². The van der Waals surface area contributed by atoms with Crippen LogP contribution in [-0.2, 0) is 4.74 Å². The molecule has 9 heteroatoms. The number of carbonyl (C=O) groups is 1. The first-order chi connectivity index (χ1) is 12.1. The van der Waals surface area contributed by atoms with Gasteiger partial charge in [0.1, 0.15) is 17.8 Å². The van der Waals surface area contributed by atoms with Crippen molar-refractivity contribution < 1.29 is 24.7 Å². The molecule has 1 aromatic heterocycles. The normalized spacial score (nSPS) is 13.9. The highest BCUT2D eigenvalue weighted by Crippen LogP contribution is 2.31. The summed E-state index contributed by atoms with van der Waals surface area (Å²) in [6, 6.07) is 5.65. The fourth-order valence-electron chi connectivity index (χ4n) is 2.40. The third-order valence-electron chi connectivity index (χ3n) is 3.51. The summed E-state index contributed by atoms with van der Waals surface area (Å²) in [5.74, 6) is 0. The van der Waals surface area contributed by atoms with Crippen LogP contribution in [-0.4, -0.2) is 44.5 Å². The second-order valence-electron chi connectivity index (χ2n) is 6.73. The van der Waals surface area contributed by atoms with Crippen LogP contribution >= 0.6 is 0 Å². The summed E-state index contributed by atoms with van der Waals surface area (Å²) in [6.45, 7) is 4.84. The van der Waals surface area contributed by atoms with Crippen molar-refractivity contribution in [3.05, 3.63) is 46.1 Å². The average molecular weight is 363 g/mol. The van der Waals surface area contributed by atoms with Crippen LogP contribution in [0.4, 0.5) is 10.5 Å². The lowest BCUT2D eigenvalue weighted by Gasteiger charge is -2.22. The molecule has 0 aliphatic carbocycles. The van der Waals surface area contributed by atoms with Crippen LogP contribution in [0.5, 0.6) is 0 Å². The van der Waals surface area contributed by atoms with E-state index in [1.54, 1.807) is 26.8 Å². The van der Waals surface area contributed by atoms with E-state index in [-0.39, 0.29) is 28.7 Å². The van der Waals surface area contributed by atoms with Crippen molar-refractivity contribution in [1.29, 1.82) is 0 Å². The van der Waals surface area contributed by atoms with Crippen molar-refractivity contribution in [2.45, 2.75) is 38.6 Å². The van der Waals surface area contributed by atoms with E-state index in [1.165, 1.54) is 24.4 Å². The first-order valence-electron chi connectivity index (χ1n) is 7.95. The van der Waals surface area contributed by atoms with E-state index in [1.807, 2.05) is 0 Å². The van der Waals surface area contributed by atoms with Gasteiger partial charge in [-0.05, 0) is 39.0 Å². The molecule has 140 valence electrons. The Labute approximate surface area is 149 Å². The largest absolute Gasteiger partial charge is 0.444 e. The van der Waals surface area contributed by atoms with E-state index in [0.717, 1.165) is 0 Å². The molecule has 0 saturated carbocycles. The van der Waals surface area contributed by atoms with Gasteiger partial charge in [0.25, 0.3) is 5.69 Å². The van der Waals surface area contributed by atoms with Gasteiger partial charge in [-0.15, -0.1) is 0 Å². The number of alkyl carbamates (subject to hydrolysis) is 1. The quantitative estimate of drug-likeness (QED) is 0.546. The van der Waals surface area contributed by atoms with Crippen LogP contribution in [0.2, 0.25) is 0 Å². The number of pyridine rings is 1. The standard InChI is InChI=1S/C17H21N3O6/c1-17(2,3)26-16(23)19-9-13(21)15(22)11-6-7-12(20(24)25)10-5-4-8-18-14(10)11/h4-8,13,15,21-22H,9H2,1-3H3,(H,19,23). The summed E-state index contributed by atoms with van der Waals surface area (Å²) in [7, 11) is 0. The molecule has 0 bridgehead atoms. The predicted octanol–water partition coefficient (Wildman–Crippen LogP) is 2.06. The molecule has 1 amide bonds. The van der Waals surface area contributed by atoms with Crippen molar-refractivity contribution in [3.63, 3.8) is 0 Å². The molecule has 1 heterocycles. The number of benzene rings is 1. The van der Waals surface area contributed by atoms with Crippen molar-refractivity contribution in [3.8, 4) is 0 Å². The number of aliphatic hydroxyl groups is 2. The minimum Gasteiger partial charge on any atom is -0.444 e. The predicted molar refractivity (Wildman–Crippen MR) is 93.6 cm³/mol. The second kappa shape index (κ2) is 7.63. The van der Waals surface area contributed by atoms with Gasteiger partial charge in [-0.1, -0.05) is 0 Å². The Morgan fingerprint density at radius 1 is 1.35 bits per heavy atom. The van der Waals surface area contributed by atoms with E-state index >= 15 is 0 Å². The monoisotopic (exact) mass is 363 g/mol. The molecule has 0 fully saturated rings. The average Bonchev–Trinajstić information content (AvgIpc) is 2.56. The minimum absolute atomic E-state index is 0.148. The summed E-state index contributed by atoms with van der Waals surface area (Å²) < 4.78 is 5.06. The third-order valence-corrected chi connectivity index (χ3v) is 3.51. The van der Waals surface area contributed by atoms with Gasteiger partial charge < -0.3 is 20.3 Å². The molecule has 1 aromatic carbocycles. The molecular formula is C17H21N3O6. The van der Waals surface area contributed by atoms with Gasteiger partial charge in [0, 0.05) is 24.4 Å². The smallest absolute Gasteiger partial charge is 0.407 e. The molecule has 2 aromatic rings. The molecule has 0 radical (unpaired) electrons. The number of nitro benzene ring substituents is 1. The summed E-state index contributed by atoms with van der Waals surface area (Å²) in [5, 5.41) is 34.3. The third kappa shape index (κ3) is 4.64. The molecule has 26 heavy (non-hydrogen) atoms. The molecule has 2 atom stereocenters. The first kappa shape index (κ1) is 19.5. The first-order valence-corrected chi connectivity index (χ1v) is 7.95. The maximum Gasteiger partial charge on any atom is 0.407 e. The zero-order valence-corrected chi connectivity index (χ0v) is 14.7. The van der Waals surface area contributed by atoms with Gasteiger partial charge in [0.05, 0.1) is 15.8 Å². The number of hydrogen-bond donors (Lipinski definition) is 3. The Hall–Kier alpha value is -2.78. The number of rotatable bonds is 5. The van der Waals surface area contributed by atoms with Crippen LogP contribution in [0.3, 0.4) is 0 Å². The number of nitrogens with one attached hydrogen (secondary N) is 1. The van der Waals surface area contributed by atoms with Crippen LogP contribution in [0.1, 0.15) is 32.4 Å². The molecule has 0 saturated heterocycles. The number of carbonyl (C=O) groups excluding carboxylic acids is 1. The van der Waals surface area contributed by atoms with E-state index in [0.29, 0.717) is 0 Å². The van der Waals surface area contributed by atoms with Crippen molar-refractivity contribution in [1.82, 2.24) is 10.3 Å². The number of nitrogens with zero attached hydrogens (tertiary/aromatic N) is 2. The van der Waals surface area contributed by atoms with E-state index in [2.05, 4.69) is 10.3 Å². The number of nitro groups is 1. The number of amides is 1. The topological polar surface area (TPSA) is 135 Å². The molecule has 0 aliphatic rings. The number of fused-ring (bicyclic) bond motifs is 1. The Morgan fingerprint density at radius 2 is 2.04 bits per heavy atom. The Kier molecular flexibility index (Phi) is 5.73. The number of ether oxygens (including phenoxy) is 1. The molecule has 9 nitrogen and oxygen atoms in total. The number of non-ortho nitro benzene ring substituents is 1. The van der Waals surface area contributed by atoms with Crippen LogP contribution in [0.25, 0.3) is 10.9 Å². The lowest BCUT2D eigenvalue weighted by atomic mass is 10.00. The highest BCUT2D eigenvalue weighted by atomic mass is 16.6. The van der Waals surface area contributed by atoms with Gasteiger partial charge in [0.15, 0.2) is 0 Å². The minimum atomic E-state index is -1.40. The van der Waals surface area contributed by atoms with Crippen molar-refractivity contribution >= 4 is 22.7 Å². The molecule has 0 spiro atoms. The molecule has 2 unspecified atom stereocenters. The van der Waals surface area contributed by atoms with Crippen LogP contribution in [0.15, 0.2) is 30.5 Å². The van der Waals surface area contributed by atoms with Crippen molar-refractivity contribution in [2.75, 3.05) is 6.54 Å². The lowest BCUT2D eigenvalue weighted by Crippen LogP contribution is -2.38. The van der Waals surface area contributed by atoms with Gasteiger partial charge in [0.2, 0.25) is 0 Å². The Morgan fingerprint density at radius 3 is 2.65 bits per heavy atom. The lowest BCUT2D eigenvalue weighted by molar-refractivity contribution is -0.383. The fourth-order valence-corrected chi connectivity index (χ4v) is 2.40. The number of hydrogen-bond acceptors (Lipinski definition) is 7. The Bertz CT molecular complexity index is 818.